The van der Waals surface area contributed by atoms with Gasteiger partial charge in [-0.15, -0.1) is 0 Å². The molecule has 2 rings (SSSR count). The molecular weight excluding hydrogens is 306 g/mol. The second kappa shape index (κ2) is 7.49. The van der Waals surface area contributed by atoms with Crippen LogP contribution in [0.1, 0.15) is 32.1 Å². The van der Waals surface area contributed by atoms with Crippen LogP contribution in [-0.2, 0) is 9.59 Å². The summed E-state index contributed by atoms with van der Waals surface area (Å²) in [6.07, 6.45) is 4.04. The van der Waals surface area contributed by atoms with Crippen LogP contribution in [0.3, 0.4) is 0 Å². The smallest absolute Gasteiger partial charge is 0.311 e. The van der Waals surface area contributed by atoms with Gasteiger partial charge in [0.15, 0.2) is 6.61 Å². The molecule has 1 aliphatic carbocycles. The van der Waals surface area contributed by atoms with E-state index < -0.39 is 11.4 Å². The van der Waals surface area contributed by atoms with Crippen LogP contribution >= 0.6 is 11.6 Å². The third-order valence-corrected chi connectivity index (χ3v) is 4.40. The number of hydrogen-bond donors (Lipinski definition) is 2. The monoisotopic (exact) mass is 325 g/mol. The van der Waals surface area contributed by atoms with Crippen LogP contribution in [0.15, 0.2) is 24.3 Å². The maximum absolute atomic E-state index is 11.9. The average molecular weight is 326 g/mol. The highest BCUT2D eigenvalue weighted by atomic mass is 35.5. The molecule has 1 amide bonds. The highest BCUT2D eigenvalue weighted by Gasteiger charge is 2.39. The van der Waals surface area contributed by atoms with Crippen molar-refractivity contribution in [1.82, 2.24) is 5.32 Å². The van der Waals surface area contributed by atoms with Crippen LogP contribution in [0.2, 0.25) is 5.02 Å². The molecule has 1 saturated carbocycles. The first kappa shape index (κ1) is 16.6. The lowest BCUT2D eigenvalue weighted by Crippen LogP contribution is -2.45. The minimum Gasteiger partial charge on any atom is -0.482 e. The minimum absolute atomic E-state index is 0.146. The largest absolute Gasteiger partial charge is 0.482 e. The Hall–Kier alpha value is -1.75. The molecule has 0 bridgehead atoms. The summed E-state index contributed by atoms with van der Waals surface area (Å²) >= 11 is 5.94. The fraction of sp³-hybridized carbons (Fsp3) is 0.500. The average Bonchev–Trinajstić information content (AvgIpc) is 2.53. The van der Waals surface area contributed by atoms with Crippen molar-refractivity contribution in [1.29, 1.82) is 0 Å². The number of carboxylic acids is 1. The lowest BCUT2D eigenvalue weighted by atomic mass is 9.74. The molecule has 0 spiro atoms. The molecule has 6 heteroatoms. The normalized spacial score (nSPS) is 16.8. The second-order valence-corrected chi connectivity index (χ2v) is 6.05. The summed E-state index contributed by atoms with van der Waals surface area (Å²) in [5.74, 6) is -0.740. The third-order valence-electron chi connectivity index (χ3n) is 4.08. The van der Waals surface area contributed by atoms with E-state index in [1.54, 1.807) is 24.3 Å². The van der Waals surface area contributed by atoms with E-state index in [0.717, 1.165) is 19.3 Å². The van der Waals surface area contributed by atoms with Crippen LogP contribution in [-0.4, -0.2) is 30.1 Å². The van der Waals surface area contributed by atoms with Gasteiger partial charge < -0.3 is 15.2 Å². The SMILES string of the molecule is O=C(COc1ccccc1Cl)NCC1(C(=O)O)CCCCC1. The predicted octanol–water partition coefficient (Wildman–Crippen LogP) is 2.87. The zero-order chi connectivity index (χ0) is 16.0. The first-order valence-electron chi connectivity index (χ1n) is 7.41. The van der Waals surface area contributed by atoms with Crippen molar-refractivity contribution in [2.75, 3.05) is 13.2 Å². The minimum atomic E-state index is -0.835. The molecule has 1 aromatic carbocycles. The van der Waals surface area contributed by atoms with E-state index in [1.165, 1.54) is 0 Å². The zero-order valence-corrected chi connectivity index (χ0v) is 13.1. The zero-order valence-electron chi connectivity index (χ0n) is 12.3. The summed E-state index contributed by atoms with van der Waals surface area (Å²) in [6, 6.07) is 6.89. The molecular formula is C16H20ClNO4. The number of halogens is 1. The van der Waals surface area contributed by atoms with Gasteiger partial charge in [-0.05, 0) is 25.0 Å². The molecule has 0 atom stereocenters. The molecule has 1 fully saturated rings. The van der Waals surface area contributed by atoms with E-state index >= 15 is 0 Å². The summed E-state index contributed by atoms with van der Waals surface area (Å²) < 4.78 is 5.34. The molecule has 0 saturated heterocycles. The van der Waals surface area contributed by atoms with Gasteiger partial charge in [0.1, 0.15) is 5.75 Å². The van der Waals surface area contributed by atoms with Gasteiger partial charge in [0.05, 0.1) is 10.4 Å². The van der Waals surface area contributed by atoms with Gasteiger partial charge in [-0.1, -0.05) is 43.0 Å². The molecule has 0 heterocycles. The molecule has 2 N–H and O–H groups in total. The number of para-hydroxylation sites is 1. The number of hydrogen-bond acceptors (Lipinski definition) is 3. The molecule has 120 valence electrons. The maximum atomic E-state index is 11.9. The van der Waals surface area contributed by atoms with E-state index in [2.05, 4.69) is 5.32 Å². The lowest BCUT2D eigenvalue weighted by Gasteiger charge is -2.33. The fourth-order valence-corrected chi connectivity index (χ4v) is 2.91. The molecule has 5 nitrogen and oxygen atoms in total. The first-order valence-corrected chi connectivity index (χ1v) is 7.79. The Morgan fingerprint density at radius 1 is 1.23 bits per heavy atom. The first-order chi connectivity index (χ1) is 10.5. The summed E-state index contributed by atoms with van der Waals surface area (Å²) in [5, 5.41) is 12.6. The lowest BCUT2D eigenvalue weighted by molar-refractivity contribution is -0.151. The van der Waals surface area contributed by atoms with Gasteiger partial charge >= 0.3 is 5.97 Å². The van der Waals surface area contributed by atoms with Crippen molar-refractivity contribution in [3.8, 4) is 5.75 Å². The Kier molecular flexibility index (Phi) is 5.66. The van der Waals surface area contributed by atoms with Crippen LogP contribution in [0, 0.1) is 5.41 Å². The van der Waals surface area contributed by atoms with Gasteiger partial charge in [-0.25, -0.2) is 0 Å². The van der Waals surface area contributed by atoms with Gasteiger partial charge in [-0.3, -0.25) is 9.59 Å². The molecule has 22 heavy (non-hydrogen) atoms. The van der Waals surface area contributed by atoms with Crippen molar-refractivity contribution in [3.63, 3.8) is 0 Å². The highest BCUT2D eigenvalue weighted by molar-refractivity contribution is 6.32. The Morgan fingerprint density at radius 2 is 1.91 bits per heavy atom. The Morgan fingerprint density at radius 3 is 2.55 bits per heavy atom. The number of carboxylic acid groups (broad SMARTS) is 1. The van der Waals surface area contributed by atoms with Crippen molar-refractivity contribution >= 4 is 23.5 Å². The highest BCUT2D eigenvalue weighted by Crippen LogP contribution is 2.36. The van der Waals surface area contributed by atoms with Gasteiger partial charge in [0.25, 0.3) is 5.91 Å². The number of rotatable bonds is 6. The Labute approximate surface area is 134 Å². The molecule has 0 aliphatic heterocycles. The van der Waals surface area contributed by atoms with Crippen LogP contribution in [0.25, 0.3) is 0 Å². The van der Waals surface area contributed by atoms with E-state index in [1.807, 2.05) is 0 Å². The van der Waals surface area contributed by atoms with Crippen LogP contribution < -0.4 is 10.1 Å². The summed E-state index contributed by atoms with van der Waals surface area (Å²) in [7, 11) is 0. The standard InChI is InChI=1S/C16H20ClNO4/c17-12-6-2-3-7-13(12)22-10-14(19)18-11-16(15(20)21)8-4-1-5-9-16/h2-3,6-7H,1,4-5,8-11H2,(H,18,19)(H,20,21). The molecule has 0 aromatic heterocycles. The Bertz CT molecular complexity index is 541. The van der Waals surface area contributed by atoms with Crippen LogP contribution in [0.4, 0.5) is 0 Å². The van der Waals surface area contributed by atoms with Crippen molar-refractivity contribution in [2.24, 2.45) is 5.41 Å². The predicted molar refractivity (Wildman–Crippen MR) is 83.1 cm³/mol. The van der Waals surface area contributed by atoms with Gasteiger partial charge in [-0.2, -0.15) is 0 Å². The number of nitrogens with one attached hydrogen (secondary N) is 1. The second-order valence-electron chi connectivity index (χ2n) is 5.64. The van der Waals surface area contributed by atoms with Crippen LogP contribution in [0.5, 0.6) is 5.75 Å². The summed E-state index contributed by atoms with van der Waals surface area (Å²) in [5.41, 5.74) is -0.835. The summed E-state index contributed by atoms with van der Waals surface area (Å²) in [6.45, 7) is -0.0352. The van der Waals surface area contributed by atoms with E-state index in [4.69, 9.17) is 16.3 Å². The van der Waals surface area contributed by atoms with E-state index in [-0.39, 0.29) is 19.1 Å². The molecule has 1 aromatic rings. The number of carbonyl (C=O) groups is 2. The third kappa shape index (κ3) is 4.13. The van der Waals surface area contributed by atoms with Gasteiger partial charge in [0.2, 0.25) is 0 Å². The topological polar surface area (TPSA) is 75.6 Å². The Balaban J connectivity index is 1.84. The number of carbonyl (C=O) groups excluding carboxylic acids is 1. The molecule has 0 radical (unpaired) electrons. The number of ether oxygens (including phenoxy) is 1. The maximum Gasteiger partial charge on any atom is 0.311 e. The van der Waals surface area contributed by atoms with Crippen molar-refractivity contribution in [2.45, 2.75) is 32.1 Å². The van der Waals surface area contributed by atoms with E-state index in [0.29, 0.717) is 23.6 Å². The van der Waals surface area contributed by atoms with Crippen molar-refractivity contribution < 1.29 is 19.4 Å². The van der Waals surface area contributed by atoms with Crippen molar-refractivity contribution in [3.05, 3.63) is 29.3 Å². The number of amides is 1. The van der Waals surface area contributed by atoms with E-state index in [9.17, 15) is 14.7 Å². The van der Waals surface area contributed by atoms with Gasteiger partial charge in [0, 0.05) is 6.54 Å². The molecule has 1 aliphatic rings. The summed E-state index contributed by atoms with van der Waals surface area (Å²) in [4.78, 5) is 23.4. The molecule has 0 unspecified atom stereocenters. The number of benzene rings is 1. The quantitative estimate of drug-likeness (QED) is 0.843. The fourth-order valence-electron chi connectivity index (χ4n) is 2.72. The number of aliphatic carboxylic acids is 1.